The fraction of sp³-hybridized carbons (Fsp3) is 0.278. The highest BCUT2D eigenvalue weighted by Gasteiger charge is 2.12. The first-order chi connectivity index (χ1) is 10.8. The average molecular weight is 296 g/mol. The second-order valence-electron chi connectivity index (χ2n) is 5.36. The van der Waals surface area contributed by atoms with Crippen molar-refractivity contribution in [1.29, 1.82) is 0 Å². The van der Waals surface area contributed by atoms with E-state index in [0.29, 0.717) is 6.42 Å². The molecule has 1 amide bonds. The quantitative estimate of drug-likeness (QED) is 0.943. The molecule has 1 heterocycles. The first-order valence-electron chi connectivity index (χ1n) is 7.58. The summed E-state index contributed by atoms with van der Waals surface area (Å²) < 4.78 is 5.37. The molecule has 0 unspecified atom stereocenters. The van der Waals surface area contributed by atoms with E-state index in [-0.39, 0.29) is 5.91 Å². The molecule has 1 fully saturated rings. The van der Waals surface area contributed by atoms with Gasteiger partial charge in [0.25, 0.3) is 0 Å². The van der Waals surface area contributed by atoms with Crippen molar-refractivity contribution in [2.75, 3.05) is 36.5 Å². The molecule has 0 radical (unpaired) electrons. The number of carbonyl (C=O) groups excluding carboxylic acids is 1. The van der Waals surface area contributed by atoms with Gasteiger partial charge in [-0.15, -0.1) is 0 Å². The van der Waals surface area contributed by atoms with E-state index >= 15 is 0 Å². The second-order valence-corrected chi connectivity index (χ2v) is 5.36. The molecule has 3 rings (SSSR count). The van der Waals surface area contributed by atoms with Crippen LogP contribution in [0.15, 0.2) is 54.6 Å². The Balaban J connectivity index is 1.63. The summed E-state index contributed by atoms with van der Waals surface area (Å²) in [5, 5.41) is 2.97. The molecular weight excluding hydrogens is 276 g/mol. The van der Waals surface area contributed by atoms with Crippen molar-refractivity contribution in [2.45, 2.75) is 6.42 Å². The van der Waals surface area contributed by atoms with E-state index in [1.165, 1.54) is 0 Å². The van der Waals surface area contributed by atoms with Gasteiger partial charge in [0, 0.05) is 24.5 Å². The number of rotatable bonds is 4. The summed E-state index contributed by atoms with van der Waals surface area (Å²) >= 11 is 0. The first kappa shape index (κ1) is 14.6. The van der Waals surface area contributed by atoms with E-state index in [0.717, 1.165) is 43.2 Å². The number of nitrogens with one attached hydrogen (secondary N) is 1. The summed E-state index contributed by atoms with van der Waals surface area (Å²) in [6, 6.07) is 17.8. The number of hydrogen-bond donors (Lipinski definition) is 1. The molecular formula is C18H20N2O2. The van der Waals surface area contributed by atoms with Crippen LogP contribution in [0, 0.1) is 0 Å². The van der Waals surface area contributed by atoms with E-state index in [4.69, 9.17) is 4.74 Å². The van der Waals surface area contributed by atoms with E-state index < -0.39 is 0 Å². The fourth-order valence-electron chi connectivity index (χ4n) is 2.59. The number of amides is 1. The number of anilines is 2. The molecule has 0 aliphatic carbocycles. The predicted molar refractivity (Wildman–Crippen MR) is 88.2 cm³/mol. The third kappa shape index (κ3) is 3.86. The molecule has 1 aliphatic heterocycles. The lowest BCUT2D eigenvalue weighted by molar-refractivity contribution is -0.115. The van der Waals surface area contributed by atoms with Gasteiger partial charge in [-0.25, -0.2) is 0 Å². The van der Waals surface area contributed by atoms with Crippen LogP contribution in [0.1, 0.15) is 5.56 Å². The van der Waals surface area contributed by atoms with Gasteiger partial charge in [-0.3, -0.25) is 4.79 Å². The van der Waals surface area contributed by atoms with Crippen LogP contribution in [0.3, 0.4) is 0 Å². The van der Waals surface area contributed by atoms with Gasteiger partial charge in [0.1, 0.15) is 0 Å². The van der Waals surface area contributed by atoms with Crippen LogP contribution in [0.25, 0.3) is 0 Å². The lowest BCUT2D eigenvalue weighted by atomic mass is 10.1. The van der Waals surface area contributed by atoms with Gasteiger partial charge in [0.05, 0.1) is 19.6 Å². The Hall–Kier alpha value is -2.33. The van der Waals surface area contributed by atoms with Crippen LogP contribution in [0.5, 0.6) is 0 Å². The molecule has 0 aromatic heterocycles. The summed E-state index contributed by atoms with van der Waals surface area (Å²) in [4.78, 5) is 14.4. The second kappa shape index (κ2) is 7.09. The van der Waals surface area contributed by atoms with Gasteiger partial charge >= 0.3 is 0 Å². The van der Waals surface area contributed by atoms with Crippen LogP contribution in [-0.2, 0) is 16.0 Å². The van der Waals surface area contributed by atoms with Crippen molar-refractivity contribution in [3.8, 4) is 0 Å². The average Bonchev–Trinajstić information content (AvgIpc) is 2.57. The molecule has 0 atom stereocenters. The lowest BCUT2D eigenvalue weighted by Crippen LogP contribution is -2.36. The highest BCUT2D eigenvalue weighted by atomic mass is 16.5. The SMILES string of the molecule is O=C(Cc1ccccc1)Nc1cccc(N2CCOCC2)c1. The third-order valence-electron chi connectivity index (χ3n) is 3.71. The summed E-state index contributed by atoms with van der Waals surface area (Å²) in [5.74, 6) is 0.00493. The highest BCUT2D eigenvalue weighted by Crippen LogP contribution is 2.20. The van der Waals surface area contributed by atoms with Crippen molar-refractivity contribution < 1.29 is 9.53 Å². The molecule has 1 N–H and O–H groups in total. The summed E-state index contributed by atoms with van der Waals surface area (Å²) in [6.45, 7) is 3.29. The Morgan fingerprint density at radius 2 is 1.82 bits per heavy atom. The normalized spacial score (nSPS) is 14.6. The first-order valence-corrected chi connectivity index (χ1v) is 7.58. The van der Waals surface area contributed by atoms with E-state index in [2.05, 4.69) is 16.3 Å². The van der Waals surface area contributed by atoms with Crippen LogP contribution in [0.2, 0.25) is 0 Å². The van der Waals surface area contributed by atoms with Crippen LogP contribution >= 0.6 is 0 Å². The zero-order chi connectivity index (χ0) is 15.2. The van der Waals surface area contributed by atoms with Gasteiger partial charge < -0.3 is 15.0 Å². The standard InChI is InChI=1S/C18H20N2O2/c21-18(13-15-5-2-1-3-6-15)19-16-7-4-8-17(14-16)20-9-11-22-12-10-20/h1-8,14H,9-13H2,(H,19,21). The van der Waals surface area contributed by atoms with E-state index in [9.17, 15) is 4.79 Å². The number of ether oxygens (including phenoxy) is 1. The molecule has 2 aromatic rings. The van der Waals surface area contributed by atoms with Crippen molar-refractivity contribution in [1.82, 2.24) is 0 Å². The minimum Gasteiger partial charge on any atom is -0.378 e. The summed E-state index contributed by atoms with van der Waals surface area (Å²) in [5.41, 5.74) is 2.98. The largest absolute Gasteiger partial charge is 0.378 e. The molecule has 4 heteroatoms. The zero-order valence-corrected chi connectivity index (χ0v) is 12.5. The Morgan fingerprint density at radius 1 is 1.05 bits per heavy atom. The van der Waals surface area contributed by atoms with Gasteiger partial charge in [0.15, 0.2) is 0 Å². The van der Waals surface area contributed by atoms with Crippen LogP contribution < -0.4 is 10.2 Å². The van der Waals surface area contributed by atoms with Gasteiger partial charge in [-0.05, 0) is 23.8 Å². The minimum absolute atomic E-state index is 0.00493. The summed E-state index contributed by atoms with van der Waals surface area (Å²) in [6.07, 6.45) is 0.391. The Labute approximate surface area is 130 Å². The Kier molecular flexibility index (Phi) is 4.71. The number of hydrogen-bond acceptors (Lipinski definition) is 3. The van der Waals surface area contributed by atoms with Crippen molar-refractivity contribution in [3.05, 3.63) is 60.2 Å². The van der Waals surface area contributed by atoms with Crippen LogP contribution in [-0.4, -0.2) is 32.2 Å². The smallest absolute Gasteiger partial charge is 0.228 e. The molecule has 22 heavy (non-hydrogen) atoms. The molecule has 114 valence electrons. The third-order valence-corrected chi connectivity index (χ3v) is 3.71. The van der Waals surface area contributed by atoms with E-state index in [1.54, 1.807) is 0 Å². The molecule has 0 saturated carbocycles. The maximum absolute atomic E-state index is 12.1. The minimum atomic E-state index is 0.00493. The lowest BCUT2D eigenvalue weighted by Gasteiger charge is -2.29. The molecule has 1 saturated heterocycles. The Morgan fingerprint density at radius 3 is 2.59 bits per heavy atom. The number of benzene rings is 2. The topological polar surface area (TPSA) is 41.6 Å². The fourth-order valence-corrected chi connectivity index (χ4v) is 2.59. The van der Waals surface area contributed by atoms with Gasteiger partial charge in [-0.2, -0.15) is 0 Å². The van der Waals surface area contributed by atoms with Gasteiger partial charge in [-0.1, -0.05) is 36.4 Å². The van der Waals surface area contributed by atoms with Crippen molar-refractivity contribution in [2.24, 2.45) is 0 Å². The van der Waals surface area contributed by atoms with Crippen LogP contribution in [0.4, 0.5) is 11.4 Å². The predicted octanol–water partition coefficient (Wildman–Crippen LogP) is 2.70. The molecule has 2 aromatic carbocycles. The molecule has 0 bridgehead atoms. The number of nitrogens with zero attached hydrogens (tertiary/aromatic N) is 1. The monoisotopic (exact) mass is 296 g/mol. The number of morpholine rings is 1. The van der Waals surface area contributed by atoms with Gasteiger partial charge in [0.2, 0.25) is 5.91 Å². The molecule has 4 nitrogen and oxygen atoms in total. The molecule has 1 aliphatic rings. The maximum atomic E-state index is 12.1. The van der Waals surface area contributed by atoms with Crippen molar-refractivity contribution >= 4 is 17.3 Å². The maximum Gasteiger partial charge on any atom is 0.228 e. The summed E-state index contributed by atoms with van der Waals surface area (Å²) in [7, 11) is 0. The molecule has 0 spiro atoms. The van der Waals surface area contributed by atoms with Crippen molar-refractivity contribution in [3.63, 3.8) is 0 Å². The number of carbonyl (C=O) groups is 1. The highest BCUT2D eigenvalue weighted by molar-refractivity contribution is 5.92. The zero-order valence-electron chi connectivity index (χ0n) is 12.5. The Bertz CT molecular complexity index is 622. The van der Waals surface area contributed by atoms with E-state index in [1.807, 2.05) is 48.5 Å².